The van der Waals surface area contributed by atoms with Crippen LogP contribution in [-0.2, 0) is 0 Å². The van der Waals surface area contributed by atoms with Crippen molar-refractivity contribution >= 4 is 0 Å². The molecule has 0 unspecified atom stereocenters. The predicted octanol–water partition coefficient (Wildman–Crippen LogP) is 4.45. The SMILES string of the molecule is C=C1/C(=C\C=C2/CCC[C@]3(C)[C@@H]([C@H](C)/C=C\C[C@](C)(O)CO)CC[C@@H]23)C[C@@H](O)C[C@@H]1O. The van der Waals surface area contributed by atoms with Gasteiger partial charge in [0.15, 0.2) is 0 Å². The summed E-state index contributed by atoms with van der Waals surface area (Å²) in [5.41, 5.74) is 2.46. The lowest BCUT2D eigenvalue weighted by atomic mass is 9.61. The molecule has 0 radical (unpaired) electrons. The summed E-state index contributed by atoms with van der Waals surface area (Å²) in [6.45, 7) is 10.2. The fourth-order valence-electron chi connectivity index (χ4n) is 6.34. The van der Waals surface area contributed by atoms with Gasteiger partial charge in [0, 0.05) is 6.42 Å². The van der Waals surface area contributed by atoms with E-state index < -0.39 is 17.8 Å². The first-order valence-corrected chi connectivity index (χ1v) is 12.0. The summed E-state index contributed by atoms with van der Waals surface area (Å²) in [6, 6.07) is 0. The monoisotopic (exact) mass is 430 g/mol. The Bertz CT molecular complexity index is 746. The molecule has 0 spiro atoms. The molecule has 0 bridgehead atoms. The largest absolute Gasteiger partial charge is 0.393 e. The number of hydrogen-bond donors (Lipinski definition) is 4. The van der Waals surface area contributed by atoms with Crippen molar-refractivity contribution in [1.29, 1.82) is 0 Å². The molecule has 0 aromatic carbocycles. The Labute approximate surface area is 188 Å². The molecule has 3 saturated carbocycles. The van der Waals surface area contributed by atoms with E-state index in [2.05, 4.69) is 38.7 Å². The van der Waals surface area contributed by atoms with Crippen LogP contribution in [0.25, 0.3) is 0 Å². The van der Waals surface area contributed by atoms with Crippen LogP contribution in [0.1, 0.15) is 72.1 Å². The highest BCUT2D eigenvalue weighted by atomic mass is 16.3. The normalized spacial score (nSPS) is 39.8. The lowest BCUT2D eigenvalue weighted by Crippen LogP contribution is -2.35. The molecular weight excluding hydrogens is 388 g/mol. The van der Waals surface area contributed by atoms with E-state index >= 15 is 0 Å². The maximum atomic E-state index is 10.1. The molecule has 0 aliphatic heterocycles. The van der Waals surface area contributed by atoms with Crippen molar-refractivity contribution in [3.63, 3.8) is 0 Å². The van der Waals surface area contributed by atoms with E-state index in [0.29, 0.717) is 37.0 Å². The maximum Gasteiger partial charge on any atom is 0.0883 e. The number of fused-ring (bicyclic) bond motifs is 1. The zero-order chi connectivity index (χ0) is 22.8. The fraction of sp³-hybridized carbons (Fsp3) is 0.704. The molecule has 0 amide bonds. The van der Waals surface area contributed by atoms with Gasteiger partial charge in [0.25, 0.3) is 0 Å². The third-order valence-electron chi connectivity index (χ3n) is 8.27. The Morgan fingerprint density at radius 1 is 1.26 bits per heavy atom. The van der Waals surface area contributed by atoms with Gasteiger partial charge in [-0.3, -0.25) is 0 Å². The van der Waals surface area contributed by atoms with Gasteiger partial charge in [-0.2, -0.15) is 0 Å². The molecule has 174 valence electrons. The average molecular weight is 431 g/mol. The van der Waals surface area contributed by atoms with Gasteiger partial charge in [0.05, 0.1) is 24.4 Å². The first-order valence-electron chi connectivity index (χ1n) is 12.0. The lowest BCUT2D eigenvalue weighted by Gasteiger charge is -2.44. The molecule has 7 atom stereocenters. The molecule has 3 rings (SSSR count). The summed E-state index contributed by atoms with van der Waals surface area (Å²) < 4.78 is 0. The highest BCUT2D eigenvalue weighted by Crippen LogP contribution is 2.59. The highest BCUT2D eigenvalue weighted by Gasteiger charge is 2.50. The topological polar surface area (TPSA) is 80.9 Å². The van der Waals surface area contributed by atoms with E-state index in [4.69, 9.17) is 0 Å². The molecular formula is C27H42O4. The molecule has 3 aliphatic rings. The van der Waals surface area contributed by atoms with E-state index in [0.717, 1.165) is 17.6 Å². The van der Waals surface area contributed by atoms with Gasteiger partial charge in [-0.1, -0.05) is 50.3 Å². The predicted molar refractivity (Wildman–Crippen MR) is 125 cm³/mol. The van der Waals surface area contributed by atoms with Crippen LogP contribution in [0.5, 0.6) is 0 Å². The van der Waals surface area contributed by atoms with Crippen LogP contribution in [0.4, 0.5) is 0 Å². The van der Waals surface area contributed by atoms with Crippen LogP contribution >= 0.6 is 0 Å². The van der Waals surface area contributed by atoms with Crippen LogP contribution in [0.15, 0.2) is 47.6 Å². The van der Waals surface area contributed by atoms with E-state index in [1.54, 1.807) is 6.92 Å². The van der Waals surface area contributed by atoms with Crippen molar-refractivity contribution in [2.24, 2.45) is 23.2 Å². The Kier molecular flexibility index (Phi) is 7.68. The zero-order valence-corrected chi connectivity index (χ0v) is 19.6. The highest BCUT2D eigenvalue weighted by molar-refractivity contribution is 5.38. The molecule has 3 aliphatic carbocycles. The molecule has 4 heteroatoms. The first-order chi connectivity index (χ1) is 14.6. The van der Waals surface area contributed by atoms with E-state index in [9.17, 15) is 20.4 Å². The Hall–Kier alpha value is -1.20. The zero-order valence-electron chi connectivity index (χ0n) is 19.6. The van der Waals surface area contributed by atoms with E-state index in [1.807, 2.05) is 6.08 Å². The summed E-state index contributed by atoms with van der Waals surface area (Å²) in [5.74, 6) is 1.62. The number of rotatable bonds is 6. The van der Waals surface area contributed by atoms with Gasteiger partial charge in [-0.05, 0) is 86.2 Å². The Morgan fingerprint density at radius 2 is 2.00 bits per heavy atom. The van der Waals surface area contributed by atoms with Crippen LogP contribution in [0.2, 0.25) is 0 Å². The molecule has 3 fully saturated rings. The van der Waals surface area contributed by atoms with Crippen LogP contribution < -0.4 is 0 Å². The standard InChI is InChI=1S/C27H42O4/c1-18(7-5-13-26(3,31)17-28)23-11-12-24-20(8-6-14-27(23,24)4)9-10-21-15-22(29)16-25(30)19(21)2/h5,7,9-10,18,22-25,28-31H,2,6,8,11-17H2,1,3-4H3/b7-5-,20-9+,21-10-/t18-,22-,23-,24+,25+,26+,27-/m1/s1. The van der Waals surface area contributed by atoms with Crippen molar-refractivity contribution < 1.29 is 20.4 Å². The van der Waals surface area contributed by atoms with Crippen molar-refractivity contribution in [3.05, 3.63) is 47.6 Å². The van der Waals surface area contributed by atoms with Gasteiger partial charge < -0.3 is 20.4 Å². The third kappa shape index (κ3) is 5.42. The molecule has 0 heterocycles. The van der Waals surface area contributed by atoms with Crippen molar-refractivity contribution in [2.75, 3.05) is 6.61 Å². The van der Waals surface area contributed by atoms with E-state index in [-0.39, 0.29) is 12.0 Å². The quantitative estimate of drug-likeness (QED) is 0.469. The molecule has 4 N–H and O–H groups in total. The van der Waals surface area contributed by atoms with Gasteiger partial charge in [0.1, 0.15) is 0 Å². The third-order valence-corrected chi connectivity index (χ3v) is 8.27. The van der Waals surface area contributed by atoms with Crippen LogP contribution in [0.3, 0.4) is 0 Å². The van der Waals surface area contributed by atoms with Gasteiger partial charge >= 0.3 is 0 Å². The minimum atomic E-state index is -1.04. The second-order valence-electron chi connectivity index (χ2n) is 10.8. The van der Waals surface area contributed by atoms with Crippen LogP contribution in [-0.4, -0.2) is 44.8 Å². The summed E-state index contributed by atoms with van der Waals surface area (Å²) in [5, 5.41) is 39.5. The number of hydrogen-bond acceptors (Lipinski definition) is 4. The maximum absolute atomic E-state index is 10.1. The van der Waals surface area contributed by atoms with Crippen LogP contribution in [0, 0.1) is 23.2 Å². The second-order valence-corrected chi connectivity index (χ2v) is 10.8. The minimum absolute atomic E-state index is 0.223. The van der Waals surface area contributed by atoms with Crippen molar-refractivity contribution in [3.8, 4) is 0 Å². The van der Waals surface area contributed by atoms with Gasteiger partial charge in [0.2, 0.25) is 0 Å². The smallest absolute Gasteiger partial charge is 0.0883 e. The number of aliphatic hydroxyl groups is 4. The number of aliphatic hydroxyl groups excluding tert-OH is 3. The summed E-state index contributed by atoms with van der Waals surface area (Å²) in [4.78, 5) is 0. The van der Waals surface area contributed by atoms with Crippen molar-refractivity contribution in [1.82, 2.24) is 0 Å². The molecule has 31 heavy (non-hydrogen) atoms. The summed E-state index contributed by atoms with van der Waals surface area (Å²) in [6.07, 6.45) is 14.9. The Balaban J connectivity index is 1.73. The van der Waals surface area contributed by atoms with Crippen molar-refractivity contribution in [2.45, 2.75) is 89.9 Å². The molecule has 0 aromatic heterocycles. The molecule has 4 nitrogen and oxygen atoms in total. The lowest BCUT2D eigenvalue weighted by molar-refractivity contribution is 0.00435. The Morgan fingerprint density at radius 3 is 2.71 bits per heavy atom. The fourth-order valence-corrected chi connectivity index (χ4v) is 6.34. The van der Waals surface area contributed by atoms with E-state index in [1.165, 1.54) is 31.3 Å². The van der Waals surface area contributed by atoms with Gasteiger partial charge in [-0.15, -0.1) is 0 Å². The summed E-state index contributed by atoms with van der Waals surface area (Å²) in [7, 11) is 0. The first kappa shape index (κ1) is 24.4. The number of allylic oxidation sites excluding steroid dienone is 4. The minimum Gasteiger partial charge on any atom is -0.393 e. The molecule has 0 saturated heterocycles. The summed E-state index contributed by atoms with van der Waals surface area (Å²) >= 11 is 0. The van der Waals surface area contributed by atoms with Gasteiger partial charge in [-0.25, -0.2) is 0 Å². The average Bonchev–Trinajstić information content (AvgIpc) is 3.07. The molecule has 0 aromatic rings. The second kappa shape index (κ2) is 9.74.